The predicted octanol–water partition coefficient (Wildman–Crippen LogP) is 8.11. The van der Waals surface area contributed by atoms with Crippen LogP contribution in [0.2, 0.25) is 0 Å². The van der Waals surface area contributed by atoms with Crippen molar-refractivity contribution in [1.82, 2.24) is 27.9 Å². The first kappa shape index (κ1) is 36.9. The molecule has 0 atom stereocenters. The minimum absolute atomic E-state index is 0. The third kappa shape index (κ3) is 4.48. The van der Waals surface area contributed by atoms with Gasteiger partial charge in [0.15, 0.2) is 13.4 Å². The Balaban J connectivity index is 0.00000405. The second-order valence-electron chi connectivity index (χ2n) is 17.9. The summed E-state index contributed by atoms with van der Waals surface area (Å²) in [7, 11) is 0. The molecule has 12 heteroatoms. The zero-order valence-electron chi connectivity index (χ0n) is 35.7. The van der Waals surface area contributed by atoms with Crippen molar-refractivity contribution in [3.63, 3.8) is 0 Å². The molecule has 4 aliphatic rings. The first-order chi connectivity index (χ1) is 33.2. The largest absolute Gasteiger partial charge is 2.00 e. The monoisotopic (exact) mass is 1050 g/mol. The first-order valence-electron chi connectivity index (χ1n) is 22.7. The molecular weight excluding hydrogens is 1020 g/mol. The van der Waals surface area contributed by atoms with Crippen molar-refractivity contribution in [2.24, 2.45) is 0 Å². The van der Waals surface area contributed by atoms with Crippen LogP contribution in [-0.2, 0) is 21.1 Å². The molecule has 316 valence electrons. The maximum Gasteiger partial charge on any atom is 2.00 e. The van der Waals surface area contributed by atoms with Crippen LogP contribution in [-0.4, -0.2) is 41.3 Å². The van der Waals surface area contributed by atoms with Crippen LogP contribution >= 0.6 is 0 Å². The Labute approximate surface area is 402 Å². The average Bonchev–Trinajstić information content (AvgIpc) is 4.12. The molecule has 9 nitrogen and oxygen atoms in total. The van der Waals surface area contributed by atoms with E-state index in [0.29, 0.717) is 0 Å². The van der Waals surface area contributed by atoms with E-state index in [4.69, 9.17) is 19.4 Å². The summed E-state index contributed by atoms with van der Waals surface area (Å²) in [5.74, 6) is 4.88. The third-order valence-electron chi connectivity index (χ3n) is 14.6. The number of nitrogens with zero attached hydrogens (tertiary/aromatic N) is 7. The van der Waals surface area contributed by atoms with E-state index in [9.17, 15) is 0 Å². The number of anilines is 3. The molecular formula is C56H29B2N7O2Pt. The van der Waals surface area contributed by atoms with Crippen molar-refractivity contribution >= 4 is 119 Å². The topological polar surface area (TPSA) is 66.2 Å². The van der Waals surface area contributed by atoms with Gasteiger partial charge in [-0.15, -0.1) is 35.2 Å². The Morgan fingerprint density at radius 1 is 0.397 bits per heavy atom. The maximum absolute atomic E-state index is 7.08. The molecule has 8 heterocycles. The Morgan fingerprint density at radius 2 is 0.794 bits per heavy atom. The molecule has 4 aromatic heterocycles. The van der Waals surface area contributed by atoms with Gasteiger partial charge in [0.1, 0.15) is 11.5 Å². The smallest absolute Gasteiger partial charge is 0.484 e. The molecule has 0 bridgehead atoms. The van der Waals surface area contributed by atoms with Gasteiger partial charge in [0.2, 0.25) is 11.6 Å². The molecule has 17 rings (SSSR count). The van der Waals surface area contributed by atoms with Crippen molar-refractivity contribution in [2.75, 3.05) is 4.90 Å². The number of imidazole rings is 4. The second-order valence-corrected chi connectivity index (χ2v) is 17.9. The van der Waals surface area contributed by atoms with Gasteiger partial charge in [-0.3, -0.25) is 8.80 Å². The fourth-order valence-electron chi connectivity index (χ4n) is 12.0. The van der Waals surface area contributed by atoms with Gasteiger partial charge in [-0.2, -0.15) is 0 Å². The van der Waals surface area contributed by atoms with Crippen LogP contribution in [0.5, 0.6) is 23.0 Å². The molecule has 4 aliphatic heterocycles. The maximum atomic E-state index is 7.08. The number of hydrogen-bond donors (Lipinski definition) is 0. The normalized spacial score (nSPS) is 13.6. The average molecular weight is 1050 g/mol. The van der Waals surface area contributed by atoms with Crippen LogP contribution in [0, 0.1) is 12.1 Å². The predicted molar refractivity (Wildman–Crippen MR) is 267 cm³/mol. The van der Waals surface area contributed by atoms with Crippen LogP contribution < -0.4 is 47.2 Å². The molecule has 68 heavy (non-hydrogen) atoms. The molecule has 0 radical (unpaired) electrons. The molecule has 0 saturated carbocycles. The molecule has 0 spiro atoms. The van der Waals surface area contributed by atoms with E-state index in [1.54, 1.807) is 0 Å². The van der Waals surface area contributed by atoms with Gasteiger partial charge in [0.05, 0.1) is 44.1 Å². The summed E-state index contributed by atoms with van der Waals surface area (Å²) >= 11 is 0. The third-order valence-corrected chi connectivity index (χ3v) is 14.6. The van der Waals surface area contributed by atoms with Gasteiger partial charge in [-0.1, -0.05) is 137 Å². The van der Waals surface area contributed by atoms with E-state index in [1.807, 2.05) is 12.1 Å². The molecule has 9 aromatic carbocycles. The summed E-state index contributed by atoms with van der Waals surface area (Å²) in [6, 6.07) is 70.1. The van der Waals surface area contributed by atoms with Crippen molar-refractivity contribution in [3.8, 4) is 34.4 Å². The minimum atomic E-state index is -0.119. The van der Waals surface area contributed by atoms with Gasteiger partial charge in [-0.25, -0.2) is 9.97 Å². The Hall–Kier alpha value is -8.26. The Kier molecular flexibility index (Phi) is 7.05. The summed E-state index contributed by atoms with van der Waals surface area (Å²) in [5.41, 5.74) is 19.5. The van der Waals surface area contributed by atoms with Crippen LogP contribution in [0.1, 0.15) is 0 Å². The zero-order chi connectivity index (χ0) is 43.2. The molecule has 0 N–H and O–H groups in total. The summed E-state index contributed by atoms with van der Waals surface area (Å²) in [4.78, 5) is 13.0. The van der Waals surface area contributed by atoms with Crippen LogP contribution in [0.3, 0.4) is 0 Å². The Bertz CT molecular complexity index is 4140. The fourth-order valence-corrected chi connectivity index (χ4v) is 12.0. The molecule has 0 amide bonds. The standard InChI is InChI=1S/C56H29B2N7O2.Pt/c1-11-26-48-34(14-1)57-36-16-13-17-37-54(36)63(46-28-32(30-50(66-48)52(46)57)61-42-22-7-9-24-44(42)64-40-20-5-3-18-38(40)59-55(61)64)47-29-33(31-51-53(47)58(37)35-15-2-12-27-49(35)67-51)62-43-23-8-10-25-45(43)65-41-21-6-4-19-39(41)60-56(62)65;/h1-27,30-31H;/q-2;+2. The number of benzene rings is 9. The van der Waals surface area contributed by atoms with Gasteiger partial charge in [0, 0.05) is 17.2 Å². The summed E-state index contributed by atoms with van der Waals surface area (Å²) in [6.07, 6.45) is 0. The SMILES string of the molecule is [Pt+2].[c-]1c(-n2c3ccccc3n3c4ccccc4nc23)cc2c3c1N1c4[c-]c(-n5c6ccccc6n6c7ccccc7nc56)cc5c4B(c4ccccc4O5)c4cccc(c41)B3c1ccccc1O2. The van der Waals surface area contributed by atoms with Gasteiger partial charge in [0.25, 0.3) is 0 Å². The Morgan fingerprint density at radius 3 is 1.28 bits per heavy atom. The van der Waals surface area contributed by atoms with Crippen LogP contribution in [0.25, 0.3) is 67.1 Å². The summed E-state index contributed by atoms with van der Waals surface area (Å²) in [5, 5.41) is 0. The summed E-state index contributed by atoms with van der Waals surface area (Å²) in [6.45, 7) is -0.238. The van der Waals surface area contributed by atoms with Crippen LogP contribution in [0.4, 0.5) is 17.1 Å². The van der Waals surface area contributed by atoms with Crippen molar-refractivity contribution < 1.29 is 30.5 Å². The number of hydrogen-bond acceptors (Lipinski definition) is 5. The quantitative estimate of drug-likeness (QED) is 0.130. The number of ether oxygens (including phenoxy) is 2. The van der Waals surface area contributed by atoms with Crippen LogP contribution in [0.15, 0.2) is 176 Å². The van der Waals surface area contributed by atoms with E-state index in [1.165, 1.54) is 10.9 Å². The van der Waals surface area contributed by atoms with E-state index >= 15 is 0 Å². The van der Waals surface area contributed by atoms with E-state index in [0.717, 1.165) is 129 Å². The van der Waals surface area contributed by atoms with Gasteiger partial charge in [-0.05, 0) is 71.6 Å². The fraction of sp³-hybridized carbons (Fsp3) is 0. The number of rotatable bonds is 2. The first-order valence-corrected chi connectivity index (χ1v) is 22.7. The molecule has 0 saturated heterocycles. The van der Waals surface area contributed by atoms with Crippen molar-refractivity contribution in [3.05, 3.63) is 188 Å². The number of para-hydroxylation sites is 11. The number of fused-ring (bicyclic) bond motifs is 18. The van der Waals surface area contributed by atoms with Crippen molar-refractivity contribution in [1.29, 1.82) is 0 Å². The summed E-state index contributed by atoms with van der Waals surface area (Å²) < 4.78 is 23.2. The second kappa shape index (κ2) is 13.0. The van der Waals surface area contributed by atoms with Gasteiger partial charge >= 0.3 is 21.1 Å². The van der Waals surface area contributed by atoms with E-state index in [-0.39, 0.29) is 34.5 Å². The van der Waals surface area contributed by atoms with E-state index < -0.39 is 0 Å². The van der Waals surface area contributed by atoms with Crippen molar-refractivity contribution in [2.45, 2.75) is 0 Å². The molecule has 0 unspecified atom stereocenters. The molecule has 0 aliphatic carbocycles. The number of aromatic nitrogens is 6. The zero-order valence-corrected chi connectivity index (χ0v) is 37.9. The van der Waals surface area contributed by atoms with Gasteiger partial charge < -0.3 is 23.5 Å². The molecule has 13 aromatic rings. The van der Waals surface area contributed by atoms with E-state index in [2.05, 4.69) is 199 Å². The minimum Gasteiger partial charge on any atom is -0.484 e. The molecule has 0 fully saturated rings.